The normalized spacial score (nSPS) is 14.0. The topological polar surface area (TPSA) is 42.8 Å². The zero-order valence-corrected chi connectivity index (χ0v) is 19.5. The highest BCUT2D eigenvalue weighted by atomic mass is 35.5. The molecule has 0 aliphatic heterocycles. The van der Waals surface area contributed by atoms with E-state index in [-0.39, 0.29) is 0 Å². The maximum absolute atomic E-state index is 6.62. The van der Waals surface area contributed by atoms with Crippen molar-refractivity contribution in [3.8, 4) is 0 Å². The molecule has 2 atom stereocenters. The van der Waals surface area contributed by atoms with E-state index in [1.165, 1.54) is 0 Å². The van der Waals surface area contributed by atoms with Gasteiger partial charge in [0.05, 0.1) is 13.2 Å². The molecule has 8 heteroatoms. The average Bonchev–Trinajstić information content (AvgIpc) is 3.05. The van der Waals surface area contributed by atoms with Crippen LogP contribution in [-0.2, 0) is 22.9 Å². The van der Waals surface area contributed by atoms with E-state index in [9.17, 15) is 0 Å². The minimum Gasteiger partial charge on any atom is -0.357 e. The summed E-state index contributed by atoms with van der Waals surface area (Å²) in [4.78, 5) is 8.51. The minimum atomic E-state index is -0.607. The molecule has 0 fully saturated rings. The number of ether oxygens (including phenoxy) is 2. The number of hydrogen-bond acceptors (Lipinski definition) is 5. The molecule has 162 valence electrons. The van der Waals surface area contributed by atoms with Crippen molar-refractivity contribution < 1.29 is 9.47 Å². The van der Waals surface area contributed by atoms with Gasteiger partial charge in [0.25, 0.3) is 0 Å². The van der Waals surface area contributed by atoms with E-state index in [2.05, 4.69) is 14.8 Å². The van der Waals surface area contributed by atoms with Crippen molar-refractivity contribution in [2.75, 3.05) is 54.5 Å². The lowest BCUT2D eigenvalue weighted by atomic mass is 10.0. The van der Waals surface area contributed by atoms with Crippen LogP contribution in [-0.4, -0.2) is 73.8 Å². The number of aromatic nitrogens is 2. The third-order valence-corrected chi connectivity index (χ3v) is 5.25. The number of aryl methyl sites for hydroxylation is 1. The summed E-state index contributed by atoms with van der Waals surface area (Å²) in [6, 6.07) is 6.06. The van der Waals surface area contributed by atoms with Crippen LogP contribution >= 0.6 is 23.2 Å². The van der Waals surface area contributed by atoms with E-state index in [1.54, 1.807) is 6.20 Å². The Balaban J connectivity index is 2.19. The first-order valence-electron chi connectivity index (χ1n) is 9.67. The van der Waals surface area contributed by atoms with Crippen LogP contribution in [0.15, 0.2) is 30.6 Å². The second-order valence-corrected chi connectivity index (χ2v) is 8.37. The predicted molar refractivity (Wildman–Crippen MR) is 119 cm³/mol. The second-order valence-electron chi connectivity index (χ2n) is 7.57. The Morgan fingerprint density at radius 2 is 1.55 bits per heavy atom. The summed E-state index contributed by atoms with van der Waals surface area (Å²) in [6.45, 7) is 2.64. The summed E-state index contributed by atoms with van der Waals surface area (Å²) in [5.41, 5.74) is 1.56. The molecule has 1 aromatic carbocycles. The van der Waals surface area contributed by atoms with E-state index in [0.29, 0.717) is 19.6 Å². The number of hydrogen-bond donors (Lipinski definition) is 0. The Hall–Kier alpha value is -1.15. The van der Waals surface area contributed by atoms with E-state index in [0.717, 1.165) is 35.6 Å². The minimum absolute atomic E-state index is 0.526. The molecule has 0 N–H and O–H groups in total. The highest BCUT2D eigenvalue weighted by Gasteiger charge is 2.20. The number of imidazole rings is 1. The van der Waals surface area contributed by atoms with E-state index >= 15 is 0 Å². The van der Waals surface area contributed by atoms with Crippen LogP contribution in [0.1, 0.15) is 33.6 Å². The number of rotatable bonds is 12. The van der Waals surface area contributed by atoms with Crippen LogP contribution in [0.4, 0.5) is 0 Å². The van der Waals surface area contributed by atoms with Crippen LogP contribution in [0, 0.1) is 0 Å². The predicted octanol–water partition coefficient (Wildman–Crippen LogP) is 3.64. The molecule has 0 aliphatic rings. The molecule has 1 heterocycles. The van der Waals surface area contributed by atoms with Crippen LogP contribution in [0.2, 0.25) is 0 Å². The third kappa shape index (κ3) is 7.89. The molecule has 6 nitrogen and oxygen atoms in total. The summed E-state index contributed by atoms with van der Waals surface area (Å²) < 4.78 is 13.7. The fraction of sp³-hybridized carbons (Fsp3) is 0.571. The van der Waals surface area contributed by atoms with Crippen LogP contribution in [0.5, 0.6) is 0 Å². The first kappa shape index (κ1) is 24.1. The first-order chi connectivity index (χ1) is 13.8. The van der Waals surface area contributed by atoms with E-state index in [1.807, 2.05) is 64.2 Å². The van der Waals surface area contributed by atoms with Crippen molar-refractivity contribution in [2.45, 2.75) is 17.5 Å². The summed E-state index contributed by atoms with van der Waals surface area (Å²) in [7, 11) is 9.98. The zero-order chi connectivity index (χ0) is 21.4. The van der Waals surface area contributed by atoms with Gasteiger partial charge in [-0.05, 0) is 33.8 Å². The fourth-order valence-corrected chi connectivity index (χ4v) is 3.31. The van der Waals surface area contributed by atoms with E-state index in [4.69, 9.17) is 32.7 Å². The molecule has 1 aromatic heterocycles. The molecule has 0 radical (unpaired) electrons. The molecular weight excluding hydrogens is 411 g/mol. The molecule has 0 bridgehead atoms. The molecule has 2 rings (SSSR count). The van der Waals surface area contributed by atoms with Gasteiger partial charge in [-0.3, -0.25) is 0 Å². The fourth-order valence-electron chi connectivity index (χ4n) is 2.74. The van der Waals surface area contributed by atoms with Gasteiger partial charge in [0.1, 0.15) is 5.82 Å². The largest absolute Gasteiger partial charge is 0.357 e. The Labute approximate surface area is 184 Å². The average molecular weight is 443 g/mol. The molecule has 2 unspecified atom stereocenters. The standard InChI is InChI=1S/C21H32Cl2N4O2/c1-25(2)10-12-28-20(22)17-7-6-16(15-19-24-8-9-27(19)5)14-18(17)21(23)29-13-11-26(3)4/h6-9,14,20-21H,10-13,15H2,1-5H3. The van der Waals surface area contributed by atoms with Crippen LogP contribution in [0.3, 0.4) is 0 Å². The maximum Gasteiger partial charge on any atom is 0.157 e. The lowest BCUT2D eigenvalue weighted by Crippen LogP contribution is -2.20. The number of halogens is 2. The monoisotopic (exact) mass is 442 g/mol. The molecule has 29 heavy (non-hydrogen) atoms. The van der Waals surface area contributed by atoms with Crippen molar-refractivity contribution in [1.82, 2.24) is 19.4 Å². The molecule has 0 amide bonds. The van der Waals surface area contributed by atoms with Crippen LogP contribution in [0.25, 0.3) is 0 Å². The van der Waals surface area contributed by atoms with Gasteiger partial charge in [-0.15, -0.1) is 0 Å². The van der Waals surface area contributed by atoms with Gasteiger partial charge in [0, 0.05) is 50.1 Å². The van der Waals surface area contributed by atoms with Gasteiger partial charge in [0.15, 0.2) is 11.1 Å². The van der Waals surface area contributed by atoms with Crippen molar-refractivity contribution in [1.29, 1.82) is 0 Å². The van der Waals surface area contributed by atoms with Crippen LogP contribution < -0.4 is 0 Å². The van der Waals surface area contributed by atoms with Gasteiger partial charge < -0.3 is 23.8 Å². The number of alkyl halides is 2. The Kier molecular flexibility index (Phi) is 9.89. The van der Waals surface area contributed by atoms with Gasteiger partial charge in [-0.1, -0.05) is 41.4 Å². The maximum atomic E-state index is 6.62. The van der Waals surface area contributed by atoms with Crippen molar-refractivity contribution in [3.63, 3.8) is 0 Å². The lowest BCUT2D eigenvalue weighted by molar-refractivity contribution is 0.0810. The first-order valence-corrected chi connectivity index (χ1v) is 10.5. The quantitative estimate of drug-likeness (QED) is 0.469. The number of benzene rings is 1. The van der Waals surface area contributed by atoms with Gasteiger partial charge in [-0.25, -0.2) is 4.98 Å². The number of likely N-dealkylation sites (N-methyl/N-ethyl adjacent to an activating group) is 2. The lowest BCUT2D eigenvalue weighted by Gasteiger charge is -2.21. The molecular formula is C21H32Cl2N4O2. The van der Waals surface area contributed by atoms with Crippen molar-refractivity contribution >= 4 is 23.2 Å². The third-order valence-electron chi connectivity index (χ3n) is 4.53. The molecule has 0 spiro atoms. The Bertz CT molecular complexity index is 752. The van der Waals surface area contributed by atoms with Crippen molar-refractivity contribution in [3.05, 3.63) is 53.1 Å². The van der Waals surface area contributed by atoms with Gasteiger partial charge in [-0.2, -0.15) is 0 Å². The summed E-state index contributed by atoms with van der Waals surface area (Å²) in [5, 5.41) is 0. The van der Waals surface area contributed by atoms with Crippen molar-refractivity contribution in [2.24, 2.45) is 7.05 Å². The molecule has 2 aromatic rings. The van der Waals surface area contributed by atoms with Gasteiger partial charge >= 0.3 is 0 Å². The summed E-state index contributed by atoms with van der Waals surface area (Å²) in [6.07, 6.45) is 4.44. The highest BCUT2D eigenvalue weighted by Crippen LogP contribution is 2.34. The molecule has 0 aliphatic carbocycles. The molecule has 0 saturated heterocycles. The van der Waals surface area contributed by atoms with E-state index < -0.39 is 11.1 Å². The molecule has 0 saturated carbocycles. The summed E-state index contributed by atoms with van der Waals surface area (Å²) in [5.74, 6) is 0.980. The Morgan fingerprint density at radius 3 is 2.07 bits per heavy atom. The van der Waals surface area contributed by atoms with Gasteiger partial charge in [0.2, 0.25) is 0 Å². The SMILES string of the molecule is CN(C)CCOC(Cl)c1ccc(Cc2nccn2C)cc1C(Cl)OCCN(C)C. The summed E-state index contributed by atoms with van der Waals surface area (Å²) >= 11 is 13.2. The number of nitrogens with zero attached hydrogens (tertiary/aromatic N) is 4. The highest BCUT2D eigenvalue weighted by molar-refractivity contribution is 6.21. The zero-order valence-electron chi connectivity index (χ0n) is 17.9. The second kappa shape index (κ2) is 11.9. The smallest absolute Gasteiger partial charge is 0.157 e. The Morgan fingerprint density at radius 1 is 0.966 bits per heavy atom.